The Kier molecular flexibility index (Phi) is 9.02. The van der Waals surface area contributed by atoms with Gasteiger partial charge < -0.3 is 18.7 Å². The summed E-state index contributed by atoms with van der Waals surface area (Å²) in [5.41, 5.74) is 3.42. The van der Waals surface area contributed by atoms with Crippen molar-refractivity contribution in [1.82, 2.24) is 0 Å². The first-order valence-corrected chi connectivity index (χ1v) is 12.0. The van der Waals surface area contributed by atoms with Crippen LogP contribution in [0.1, 0.15) is 46.6 Å². The molecule has 0 aliphatic carbocycles. The summed E-state index contributed by atoms with van der Waals surface area (Å²) in [4.78, 5) is 0. The van der Waals surface area contributed by atoms with E-state index in [0.717, 1.165) is 41.3 Å². The maximum atomic E-state index is 9.98. The normalized spacial score (nSPS) is 11.6. The number of ether oxygens (including phenoxy) is 1. The van der Waals surface area contributed by atoms with E-state index >= 15 is 0 Å². The van der Waals surface area contributed by atoms with Crippen LogP contribution in [0.4, 0.5) is 0 Å². The second-order valence-electron chi connectivity index (χ2n) is 7.49. The minimum Gasteiger partial charge on any atom is -0.508 e. The monoisotopic (exact) mass is 402 g/mol. The van der Waals surface area contributed by atoms with Crippen molar-refractivity contribution >= 4 is 9.28 Å². The summed E-state index contributed by atoms with van der Waals surface area (Å²) in [6.07, 6.45) is 2.24. The summed E-state index contributed by atoms with van der Waals surface area (Å²) < 4.78 is 17.6. The number of aromatic hydroxyl groups is 1. The highest BCUT2D eigenvalue weighted by atomic mass is 28.3. The molecule has 2 aromatic carbocycles. The first-order valence-electron chi connectivity index (χ1n) is 10.2. The highest BCUT2D eigenvalue weighted by Gasteiger charge is 2.17. The smallest absolute Gasteiger partial charge is 0.321 e. The fourth-order valence-electron chi connectivity index (χ4n) is 3.20. The SMILES string of the molecule is CCOc1ccc(-c2ccc(O)cc2CCC[SiH](OC(C)C)OC(C)C)cc1. The second-order valence-corrected chi connectivity index (χ2v) is 9.47. The molecule has 0 heterocycles. The van der Waals surface area contributed by atoms with Gasteiger partial charge in [-0.2, -0.15) is 0 Å². The van der Waals surface area contributed by atoms with Crippen LogP contribution >= 0.6 is 0 Å². The highest BCUT2D eigenvalue weighted by Crippen LogP contribution is 2.30. The van der Waals surface area contributed by atoms with Gasteiger partial charge in [0.2, 0.25) is 0 Å². The summed E-state index contributed by atoms with van der Waals surface area (Å²) in [6, 6.07) is 14.7. The van der Waals surface area contributed by atoms with Crippen LogP contribution in [-0.4, -0.2) is 33.2 Å². The first kappa shape index (κ1) is 22.5. The average Bonchev–Trinajstić information content (AvgIpc) is 2.62. The van der Waals surface area contributed by atoms with E-state index in [4.69, 9.17) is 13.6 Å². The molecule has 1 N–H and O–H groups in total. The van der Waals surface area contributed by atoms with Crippen LogP contribution in [0.15, 0.2) is 42.5 Å². The van der Waals surface area contributed by atoms with Crippen LogP contribution in [0.25, 0.3) is 11.1 Å². The van der Waals surface area contributed by atoms with Crippen LogP contribution in [0, 0.1) is 0 Å². The van der Waals surface area contributed by atoms with E-state index < -0.39 is 9.28 Å². The van der Waals surface area contributed by atoms with E-state index in [9.17, 15) is 5.11 Å². The van der Waals surface area contributed by atoms with Crippen LogP contribution in [0.3, 0.4) is 0 Å². The zero-order valence-electron chi connectivity index (χ0n) is 17.8. The lowest BCUT2D eigenvalue weighted by atomic mass is 9.96. The van der Waals surface area contributed by atoms with Gasteiger partial charge >= 0.3 is 9.28 Å². The van der Waals surface area contributed by atoms with E-state index in [-0.39, 0.29) is 12.2 Å². The number of rotatable bonds is 11. The Morgan fingerprint density at radius 3 is 2.14 bits per heavy atom. The summed E-state index contributed by atoms with van der Waals surface area (Å²) in [7, 11) is -1.69. The van der Waals surface area contributed by atoms with E-state index in [2.05, 4.69) is 39.8 Å². The Balaban J connectivity index is 2.09. The topological polar surface area (TPSA) is 47.9 Å². The van der Waals surface area contributed by atoms with E-state index in [1.165, 1.54) is 0 Å². The van der Waals surface area contributed by atoms with Gasteiger partial charge in [0.25, 0.3) is 0 Å². The molecule has 2 rings (SSSR count). The standard InChI is InChI=1S/C23H34O4Si/c1-6-25-22-12-9-19(10-13-22)23-14-11-21(24)16-20(23)8-7-15-28(26-17(2)3)27-18(4)5/h9-14,16-18,24,28H,6-8,15H2,1-5H3. The largest absolute Gasteiger partial charge is 0.508 e. The second kappa shape index (κ2) is 11.2. The third-order valence-electron chi connectivity index (χ3n) is 4.30. The molecular weight excluding hydrogens is 368 g/mol. The molecule has 0 atom stereocenters. The molecule has 0 amide bonds. The highest BCUT2D eigenvalue weighted by molar-refractivity contribution is 6.44. The number of phenols is 1. The molecule has 0 fully saturated rings. The molecule has 2 aromatic rings. The Morgan fingerprint density at radius 2 is 1.57 bits per heavy atom. The summed E-state index contributed by atoms with van der Waals surface area (Å²) in [5, 5.41) is 9.98. The van der Waals surface area contributed by atoms with Gasteiger partial charge in [0.05, 0.1) is 6.61 Å². The predicted molar refractivity (Wildman–Crippen MR) is 117 cm³/mol. The van der Waals surface area contributed by atoms with Crippen molar-refractivity contribution in [3.05, 3.63) is 48.0 Å². The number of benzene rings is 2. The Bertz CT molecular complexity index is 703. The molecule has 0 saturated carbocycles. The van der Waals surface area contributed by atoms with Crippen molar-refractivity contribution in [1.29, 1.82) is 0 Å². The van der Waals surface area contributed by atoms with E-state index in [1.54, 1.807) is 6.07 Å². The van der Waals surface area contributed by atoms with Crippen molar-refractivity contribution in [3.8, 4) is 22.6 Å². The Labute approximate surface area is 171 Å². The molecule has 0 aliphatic rings. The van der Waals surface area contributed by atoms with Gasteiger partial charge in [-0.15, -0.1) is 0 Å². The molecule has 0 bridgehead atoms. The maximum Gasteiger partial charge on any atom is 0.321 e. The van der Waals surface area contributed by atoms with Gasteiger partial charge in [-0.25, -0.2) is 0 Å². The molecule has 0 aliphatic heterocycles. The van der Waals surface area contributed by atoms with E-state index in [0.29, 0.717) is 12.4 Å². The Hall–Kier alpha value is -1.82. The minimum atomic E-state index is -1.69. The van der Waals surface area contributed by atoms with Crippen molar-refractivity contribution in [2.75, 3.05) is 6.61 Å². The van der Waals surface area contributed by atoms with Gasteiger partial charge in [0.15, 0.2) is 0 Å². The zero-order chi connectivity index (χ0) is 20.5. The van der Waals surface area contributed by atoms with Crippen molar-refractivity contribution in [3.63, 3.8) is 0 Å². The first-order chi connectivity index (χ1) is 13.4. The lowest BCUT2D eigenvalue weighted by molar-refractivity contribution is 0.129. The van der Waals surface area contributed by atoms with Gasteiger partial charge in [0.1, 0.15) is 11.5 Å². The van der Waals surface area contributed by atoms with E-state index in [1.807, 2.05) is 31.2 Å². The molecule has 0 spiro atoms. The molecule has 0 saturated heterocycles. The van der Waals surface area contributed by atoms with Crippen molar-refractivity contribution in [2.45, 2.75) is 65.7 Å². The molecule has 5 heteroatoms. The Morgan fingerprint density at radius 1 is 0.929 bits per heavy atom. The van der Waals surface area contributed by atoms with Gasteiger partial charge in [-0.1, -0.05) is 18.2 Å². The van der Waals surface area contributed by atoms with Crippen molar-refractivity contribution < 1.29 is 18.7 Å². The average molecular weight is 403 g/mol. The third kappa shape index (κ3) is 7.30. The lowest BCUT2D eigenvalue weighted by Crippen LogP contribution is -2.29. The fraction of sp³-hybridized carbons (Fsp3) is 0.478. The van der Waals surface area contributed by atoms with Crippen molar-refractivity contribution in [2.24, 2.45) is 0 Å². The molecule has 0 aromatic heterocycles. The zero-order valence-corrected chi connectivity index (χ0v) is 18.9. The number of hydrogen-bond donors (Lipinski definition) is 1. The van der Waals surface area contributed by atoms with Crippen LogP contribution in [-0.2, 0) is 15.3 Å². The lowest BCUT2D eigenvalue weighted by Gasteiger charge is -2.21. The molecule has 4 nitrogen and oxygen atoms in total. The molecule has 0 radical (unpaired) electrons. The van der Waals surface area contributed by atoms with Gasteiger partial charge in [-0.05, 0) is 94.5 Å². The summed E-state index contributed by atoms with van der Waals surface area (Å²) in [6.45, 7) is 10.9. The third-order valence-corrected chi connectivity index (χ3v) is 6.87. The predicted octanol–water partition coefficient (Wildman–Crippen LogP) is 5.46. The van der Waals surface area contributed by atoms with Crippen LogP contribution in [0.2, 0.25) is 6.04 Å². The molecular formula is C23H34O4Si. The van der Waals surface area contributed by atoms with Crippen LogP contribution < -0.4 is 4.74 Å². The number of aryl methyl sites for hydroxylation is 1. The fourth-order valence-corrected chi connectivity index (χ4v) is 5.29. The summed E-state index contributed by atoms with van der Waals surface area (Å²) in [5.74, 6) is 1.17. The number of hydrogen-bond acceptors (Lipinski definition) is 4. The molecule has 0 unspecified atom stereocenters. The molecule has 154 valence electrons. The van der Waals surface area contributed by atoms with Crippen LogP contribution in [0.5, 0.6) is 11.5 Å². The van der Waals surface area contributed by atoms with Gasteiger partial charge in [-0.3, -0.25) is 0 Å². The maximum absolute atomic E-state index is 9.98. The molecule has 28 heavy (non-hydrogen) atoms. The van der Waals surface area contributed by atoms with Gasteiger partial charge in [0, 0.05) is 12.2 Å². The summed E-state index contributed by atoms with van der Waals surface area (Å²) >= 11 is 0. The minimum absolute atomic E-state index is 0.190. The quantitative estimate of drug-likeness (QED) is 0.507. The number of phenolic OH excluding ortho intramolecular Hbond substituents is 1.